The van der Waals surface area contributed by atoms with Crippen LogP contribution in [-0.4, -0.2) is 16.1 Å². The molecule has 1 heterocycles. The van der Waals surface area contributed by atoms with Gasteiger partial charge in [0, 0.05) is 7.05 Å². The Labute approximate surface area is 107 Å². The van der Waals surface area contributed by atoms with Crippen LogP contribution in [0.25, 0.3) is 11.3 Å². The molecular formula is C11H7Cl2FN2O. The molecule has 0 unspecified atom stereocenters. The van der Waals surface area contributed by atoms with E-state index in [2.05, 4.69) is 5.10 Å². The molecule has 1 aromatic heterocycles. The second-order valence-electron chi connectivity index (χ2n) is 3.39. The summed E-state index contributed by atoms with van der Waals surface area (Å²) >= 11 is 11.8. The molecule has 88 valence electrons. The van der Waals surface area contributed by atoms with Gasteiger partial charge in [-0.15, -0.1) is 0 Å². The number of carbonyl (C=O) groups excluding carboxylic acids is 1. The molecule has 0 saturated carbocycles. The average molecular weight is 273 g/mol. The van der Waals surface area contributed by atoms with Crippen molar-refractivity contribution in [3.05, 3.63) is 39.8 Å². The van der Waals surface area contributed by atoms with E-state index in [-0.39, 0.29) is 27.0 Å². The Balaban J connectivity index is 2.77. The summed E-state index contributed by atoms with van der Waals surface area (Å²) in [6.07, 6.45) is 0.535. The van der Waals surface area contributed by atoms with E-state index >= 15 is 0 Å². The average Bonchev–Trinajstić information content (AvgIpc) is 2.55. The van der Waals surface area contributed by atoms with Crippen molar-refractivity contribution in [1.29, 1.82) is 0 Å². The van der Waals surface area contributed by atoms with E-state index in [9.17, 15) is 9.18 Å². The first-order valence-corrected chi connectivity index (χ1v) is 5.44. The molecule has 1 aromatic carbocycles. The molecule has 0 aliphatic rings. The van der Waals surface area contributed by atoms with E-state index in [1.165, 1.54) is 22.9 Å². The number of aromatic nitrogens is 2. The Morgan fingerprint density at radius 2 is 2.12 bits per heavy atom. The maximum Gasteiger partial charge on any atom is 0.155 e. The number of hydrogen-bond acceptors (Lipinski definition) is 2. The van der Waals surface area contributed by atoms with Gasteiger partial charge in [0.2, 0.25) is 0 Å². The van der Waals surface area contributed by atoms with Crippen LogP contribution < -0.4 is 0 Å². The quantitative estimate of drug-likeness (QED) is 0.786. The lowest BCUT2D eigenvalue weighted by Gasteiger charge is -2.02. The van der Waals surface area contributed by atoms with Crippen molar-refractivity contribution in [1.82, 2.24) is 9.78 Å². The summed E-state index contributed by atoms with van der Waals surface area (Å²) < 4.78 is 15.0. The Morgan fingerprint density at radius 3 is 2.71 bits per heavy atom. The van der Waals surface area contributed by atoms with Crippen molar-refractivity contribution in [2.45, 2.75) is 0 Å². The molecule has 0 saturated heterocycles. The van der Waals surface area contributed by atoms with Crippen LogP contribution in [0.1, 0.15) is 10.4 Å². The van der Waals surface area contributed by atoms with Crippen LogP contribution in [0.3, 0.4) is 0 Å². The number of carbonyl (C=O) groups is 1. The van der Waals surface area contributed by atoms with Crippen LogP contribution >= 0.6 is 23.2 Å². The molecule has 0 fully saturated rings. The minimum absolute atomic E-state index is 0.0822. The third kappa shape index (κ3) is 1.94. The van der Waals surface area contributed by atoms with Crippen molar-refractivity contribution in [3.8, 4) is 11.3 Å². The zero-order chi connectivity index (χ0) is 12.6. The van der Waals surface area contributed by atoms with Gasteiger partial charge >= 0.3 is 0 Å². The summed E-state index contributed by atoms with van der Waals surface area (Å²) in [5, 5.41) is 4.33. The molecular weight excluding hydrogens is 266 g/mol. The monoisotopic (exact) mass is 272 g/mol. The van der Waals surface area contributed by atoms with Crippen molar-refractivity contribution in [2.24, 2.45) is 7.05 Å². The van der Waals surface area contributed by atoms with E-state index in [1.807, 2.05) is 0 Å². The van der Waals surface area contributed by atoms with Crippen LogP contribution in [0.15, 0.2) is 18.2 Å². The van der Waals surface area contributed by atoms with Crippen LogP contribution in [0, 0.1) is 5.82 Å². The summed E-state index contributed by atoms with van der Waals surface area (Å²) in [5.41, 5.74) is 0.357. The van der Waals surface area contributed by atoms with Gasteiger partial charge < -0.3 is 0 Å². The Hall–Kier alpha value is -1.39. The van der Waals surface area contributed by atoms with Crippen LogP contribution in [-0.2, 0) is 7.05 Å². The topological polar surface area (TPSA) is 34.9 Å². The zero-order valence-corrected chi connectivity index (χ0v) is 10.3. The van der Waals surface area contributed by atoms with Gasteiger partial charge in [0.15, 0.2) is 6.29 Å². The van der Waals surface area contributed by atoms with Gasteiger partial charge in [-0.05, 0) is 12.1 Å². The number of rotatable bonds is 2. The highest BCUT2D eigenvalue weighted by Crippen LogP contribution is 2.33. The van der Waals surface area contributed by atoms with Crippen molar-refractivity contribution >= 4 is 29.5 Å². The van der Waals surface area contributed by atoms with Crippen molar-refractivity contribution in [2.75, 3.05) is 0 Å². The Bertz CT molecular complexity index is 575. The van der Waals surface area contributed by atoms with Gasteiger partial charge in [0.05, 0.1) is 16.1 Å². The van der Waals surface area contributed by atoms with E-state index in [0.29, 0.717) is 6.29 Å². The summed E-state index contributed by atoms with van der Waals surface area (Å²) in [6.45, 7) is 0. The summed E-state index contributed by atoms with van der Waals surface area (Å²) in [6, 6.07) is 4.25. The van der Waals surface area contributed by atoms with Gasteiger partial charge in [0.1, 0.15) is 16.7 Å². The minimum Gasteiger partial charge on any atom is -0.298 e. The number of halogens is 3. The lowest BCUT2D eigenvalue weighted by Crippen LogP contribution is -1.92. The second kappa shape index (κ2) is 4.47. The van der Waals surface area contributed by atoms with E-state index in [4.69, 9.17) is 23.2 Å². The van der Waals surface area contributed by atoms with Gasteiger partial charge in [-0.1, -0.05) is 29.3 Å². The molecule has 0 N–H and O–H groups in total. The van der Waals surface area contributed by atoms with Crippen molar-refractivity contribution < 1.29 is 9.18 Å². The Kier molecular flexibility index (Phi) is 3.17. The van der Waals surface area contributed by atoms with Gasteiger partial charge in [-0.3, -0.25) is 9.48 Å². The normalized spacial score (nSPS) is 10.6. The molecule has 6 heteroatoms. The molecule has 0 amide bonds. The fourth-order valence-electron chi connectivity index (χ4n) is 1.53. The minimum atomic E-state index is -0.546. The smallest absolute Gasteiger partial charge is 0.155 e. The molecule has 17 heavy (non-hydrogen) atoms. The van der Waals surface area contributed by atoms with Crippen molar-refractivity contribution in [3.63, 3.8) is 0 Å². The highest BCUT2D eigenvalue weighted by Gasteiger charge is 2.20. The number of benzene rings is 1. The molecule has 0 bridgehead atoms. The van der Waals surface area contributed by atoms with Crippen LogP contribution in [0.2, 0.25) is 10.2 Å². The van der Waals surface area contributed by atoms with Crippen LogP contribution in [0.5, 0.6) is 0 Å². The van der Waals surface area contributed by atoms with E-state index in [0.717, 1.165) is 0 Å². The van der Waals surface area contributed by atoms with Crippen LogP contribution in [0.4, 0.5) is 4.39 Å². The van der Waals surface area contributed by atoms with Gasteiger partial charge in [-0.2, -0.15) is 5.10 Å². The molecule has 0 spiro atoms. The molecule has 0 aliphatic heterocycles. The highest BCUT2D eigenvalue weighted by atomic mass is 35.5. The van der Waals surface area contributed by atoms with Gasteiger partial charge in [-0.25, -0.2) is 4.39 Å². The maximum atomic E-state index is 13.7. The molecule has 0 atom stereocenters. The highest BCUT2D eigenvalue weighted by molar-refractivity contribution is 6.34. The molecule has 0 aliphatic carbocycles. The lowest BCUT2D eigenvalue weighted by molar-refractivity contribution is 0.112. The molecule has 2 rings (SSSR count). The first-order valence-electron chi connectivity index (χ1n) is 4.68. The largest absolute Gasteiger partial charge is 0.298 e. The number of nitrogens with zero attached hydrogens (tertiary/aromatic N) is 2. The lowest BCUT2D eigenvalue weighted by atomic mass is 10.1. The number of hydrogen-bond donors (Lipinski definition) is 0. The predicted molar refractivity (Wildman–Crippen MR) is 64.0 cm³/mol. The summed E-state index contributed by atoms with van der Waals surface area (Å²) in [5.74, 6) is -0.546. The van der Waals surface area contributed by atoms with E-state index in [1.54, 1.807) is 7.05 Å². The molecule has 2 aromatic rings. The SMILES string of the molecule is Cn1nc(-c2c(F)cccc2Cl)c(C=O)c1Cl. The molecule has 0 radical (unpaired) electrons. The standard InChI is InChI=1S/C11H7Cl2FN2O/c1-16-11(13)6(5-17)10(15-16)9-7(12)3-2-4-8(9)14/h2-5H,1H3. The maximum absolute atomic E-state index is 13.7. The fourth-order valence-corrected chi connectivity index (χ4v) is 1.96. The number of aryl methyl sites for hydroxylation is 1. The summed E-state index contributed by atoms with van der Waals surface area (Å²) in [4.78, 5) is 11.0. The third-order valence-corrected chi connectivity index (χ3v) is 3.09. The Morgan fingerprint density at radius 1 is 1.41 bits per heavy atom. The second-order valence-corrected chi connectivity index (χ2v) is 4.16. The predicted octanol–water partition coefficient (Wildman–Crippen LogP) is 3.35. The first-order chi connectivity index (χ1) is 8.06. The fraction of sp³-hybridized carbons (Fsp3) is 0.0909. The zero-order valence-electron chi connectivity index (χ0n) is 8.75. The third-order valence-electron chi connectivity index (χ3n) is 2.33. The first kappa shape index (κ1) is 12.1. The number of aldehydes is 1. The van der Waals surface area contributed by atoms with Gasteiger partial charge in [0.25, 0.3) is 0 Å². The summed E-state index contributed by atoms with van der Waals surface area (Å²) in [7, 11) is 1.56. The van der Waals surface area contributed by atoms with E-state index < -0.39 is 5.82 Å². The molecule has 3 nitrogen and oxygen atoms in total.